The van der Waals surface area contributed by atoms with Crippen LogP contribution in [0.25, 0.3) is 0 Å². The van der Waals surface area contributed by atoms with Crippen LogP contribution in [0.3, 0.4) is 0 Å². The van der Waals surface area contributed by atoms with Crippen LogP contribution in [0.5, 0.6) is 0 Å². The van der Waals surface area contributed by atoms with Gasteiger partial charge in [-0.05, 0) is 73.4 Å². The summed E-state index contributed by atoms with van der Waals surface area (Å²) in [6.45, 7) is 13.3. The lowest BCUT2D eigenvalue weighted by molar-refractivity contribution is 0.115. The molecule has 0 radical (unpaired) electrons. The molecular weight excluding hydrogens is 250 g/mol. The minimum atomic E-state index is -0.162. The van der Waals surface area contributed by atoms with E-state index in [1.807, 2.05) is 0 Å². The number of hydrogen-bond acceptors (Lipinski definition) is 4. The van der Waals surface area contributed by atoms with Gasteiger partial charge >= 0.3 is 0 Å². The molecule has 2 N–H and O–H groups in total. The Balaban J connectivity index is 4.32. The third-order valence-corrected chi connectivity index (χ3v) is 3.98. The summed E-state index contributed by atoms with van der Waals surface area (Å²) in [7, 11) is 4.24. The number of aliphatic hydroxyl groups excluding tert-OH is 1. The maximum absolute atomic E-state index is 9.68. The zero-order valence-electron chi connectivity index (χ0n) is 14.6. The van der Waals surface area contributed by atoms with Gasteiger partial charge in [0.1, 0.15) is 0 Å². The minimum Gasteiger partial charge on any atom is -0.394 e. The van der Waals surface area contributed by atoms with Gasteiger partial charge in [-0.25, -0.2) is 0 Å². The highest BCUT2D eigenvalue weighted by atomic mass is 16.3. The van der Waals surface area contributed by atoms with Crippen molar-refractivity contribution in [1.29, 1.82) is 0 Å². The number of rotatable bonds is 12. The van der Waals surface area contributed by atoms with Crippen LogP contribution in [0.15, 0.2) is 0 Å². The molecule has 4 heteroatoms. The first-order chi connectivity index (χ1) is 9.38. The van der Waals surface area contributed by atoms with Crippen molar-refractivity contribution in [2.45, 2.75) is 58.5 Å². The molecule has 0 heterocycles. The molecule has 0 bridgehead atoms. The lowest BCUT2D eigenvalue weighted by Gasteiger charge is -2.36. The Bertz CT molecular complexity index is 236. The van der Waals surface area contributed by atoms with Gasteiger partial charge in [-0.3, -0.25) is 0 Å². The van der Waals surface area contributed by atoms with Gasteiger partial charge in [0.25, 0.3) is 0 Å². The van der Waals surface area contributed by atoms with Crippen LogP contribution in [0, 0.1) is 0 Å². The van der Waals surface area contributed by atoms with E-state index in [-0.39, 0.29) is 12.1 Å². The van der Waals surface area contributed by atoms with Crippen molar-refractivity contribution in [3.8, 4) is 0 Å². The molecule has 0 aromatic heterocycles. The van der Waals surface area contributed by atoms with Gasteiger partial charge in [-0.15, -0.1) is 0 Å². The Hall–Kier alpha value is -0.160. The van der Waals surface area contributed by atoms with Crippen molar-refractivity contribution in [3.05, 3.63) is 0 Å². The fourth-order valence-corrected chi connectivity index (χ4v) is 2.68. The molecule has 0 amide bonds. The Morgan fingerprint density at radius 3 is 2.30 bits per heavy atom. The highest BCUT2D eigenvalue weighted by molar-refractivity contribution is 4.87. The largest absolute Gasteiger partial charge is 0.394 e. The van der Waals surface area contributed by atoms with Crippen LogP contribution in [-0.2, 0) is 0 Å². The van der Waals surface area contributed by atoms with Crippen molar-refractivity contribution < 1.29 is 5.11 Å². The molecule has 0 saturated carbocycles. The predicted molar refractivity (Wildman–Crippen MR) is 88.3 cm³/mol. The number of aliphatic hydroxyl groups is 1. The van der Waals surface area contributed by atoms with Crippen molar-refractivity contribution >= 4 is 0 Å². The van der Waals surface area contributed by atoms with Gasteiger partial charge in [0.05, 0.1) is 6.61 Å². The third-order valence-electron chi connectivity index (χ3n) is 3.98. The third kappa shape index (κ3) is 8.20. The summed E-state index contributed by atoms with van der Waals surface area (Å²) in [6.07, 6.45) is 3.28. The van der Waals surface area contributed by atoms with E-state index in [0.29, 0.717) is 6.04 Å². The summed E-state index contributed by atoms with van der Waals surface area (Å²) in [5, 5.41) is 13.2. The zero-order chi connectivity index (χ0) is 15.6. The summed E-state index contributed by atoms with van der Waals surface area (Å²) in [5.41, 5.74) is -0.162. The van der Waals surface area contributed by atoms with E-state index >= 15 is 0 Å². The normalized spacial score (nSPS) is 16.6. The molecule has 2 unspecified atom stereocenters. The molecule has 122 valence electrons. The second-order valence-electron chi connectivity index (χ2n) is 6.48. The fraction of sp³-hybridized carbons (Fsp3) is 1.00. The van der Waals surface area contributed by atoms with Crippen LogP contribution in [-0.4, -0.2) is 73.4 Å². The maximum atomic E-state index is 9.68. The summed E-state index contributed by atoms with van der Waals surface area (Å²) in [4.78, 5) is 4.75. The van der Waals surface area contributed by atoms with Crippen LogP contribution >= 0.6 is 0 Å². The van der Waals surface area contributed by atoms with Crippen molar-refractivity contribution in [2.24, 2.45) is 0 Å². The van der Waals surface area contributed by atoms with Gasteiger partial charge in [0.2, 0.25) is 0 Å². The molecule has 4 nitrogen and oxygen atoms in total. The van der Waals surface area contributed by atoms with E-state index in [0.717, 1.165) is 39.0 Å². The molecule has 0 saturated heterocycles. The Morgan fingerprint density at radius 2 is 1.85 bits per heavy atom. The smallest absolute Gasteiger partial charge is 0.0611 e. The second kappa shape index (κ2) is 10.6. The second-order valence-corrected chi connectivity index (χ2v) is 6.48. The van der Waals surface area contributed by atoms with Gasteiger partial charge in [-0.2, -0.15) is 0 Å². The average molecular weight is 287 g/mol. The van der Waals surface area contributed by atoms with E-state index < -0.39 is 0 Å². The van der Waals surface area contributed by atoms with E-state index in [1.165, 1.54) is 6.42 Å². The van der Waals surface area contributed by atoms with E-state index in [9.17, 15) is 5.11 Å². The van der Waals surface area contributed by atoms with Crippen molar-refractivity contribution in [2.75, 3.05) is 46.9 Å². The molecule has 0 aliphatic heterocycles. The first kappa shape index (κ1) is 19.8. The lowest BCUT2D eigenvalue weighted by Crippen LogP contribution is -2.51. The fourth-order valence-electron chi connectivity index (χ4n) is 2.68. The quantitative estimate of drug-likeness (QED) is 0.574. The van der Waals surface area contributed by atoms with Crippen LogP contribution in [0.2, 0.25) is 0 Å². The molecule has 0 fully saturated rings. The topological polar surface area (TPSA) is 38.7 Å². The highest BCUT2D eigenvalue weighted by Gasteiger charge is 2.27. The van der Waals surface area contributed by atoms with E-state index in [1.54, 1.807) is 0 Å². The number of hydrogen-bond donors (Lipinski definition) is 2. The van der Waals surface area contributed by atoms with Crippen LogP contribution in [0.4, 0.5) is 0 Å². The lowest BCUT2D eigenvalue weighted by atomic mass is 9.93. The van der Waals surface area contributed by atoms with Gasteiger partial charge in [0, 0.05) is 11.6 Å². The van der Waals surface area contributed by atoms with E-state index in [4.69, 9.17) is 0 Å². The molecular formula is C16H37N3O. The minimum absolute atomic E-state index is 0.162. The molecule has 0 aromatic carbocycles. The standard InChI is InChI=1S/C16H37N3O/c1-7-10-17-16(4,14-20)13-15(3)19(8-2)12-9-11-18(5)6/h15,17,20H,7-14H2,1-6H3. The summed E-state index contributed by atoms with van der Waals surface area (Å²) in [5.74, 6) is 0. The van der Waals surface area contributed by atoms with Crippen molar-refractivity contribution in [3.63, 3.8) is 0 Å². The molecule has 20 heavy (non-hydrogen) atoms. The average Bonchev–Trinajstić information content (AvgIpc) is 2.41. The highest BCUT2D eigenvalue weighted by Crippen LogP contribution is 2.16. The van der Waals surface area contributed by atoms with Gasteiger partial charge in [-0.1, -0.05) is 13.8 Å². The molecule has 0 aliphatic carbocycles. The first-order valence-electron chi connectivity index (χ1n) is 8.13. The maximum Gasteiger partial charge on any atom is 0.0611 e. The first-order valence-corrected chi connectivity index (χ1v) is 8.13. The molecule has 0 rings (SSSR count). The van der Waals surface area contributed by atoms with Crippen LogP contribution in [0.1, 0.15) is 47.0 Å². The zero-order valence-corrected chi connectivity index (χ0v) is 14.6. The number of nitrogens with zero attached hydrogens (tertiary/aromatic N) is 2. The predicted octanol–water partition coefficient (Wildman–Crippen LogP) is 1.79. The summed E-state index contributed by atoms with van der Waals surface area (Å²) in [6, 6.07) is 0.490. The molecule has 2 atom stereocenters. The Morgan fingerprint density at radius 1 is 1.20 bits per heavy atom. The Kier molecular flexibility index (Phi) is 10.5. The number of nitrogens with one attached hydrogen (secondary N) is 1. The van der Waals surface area contributed by atoms with Gasteiger partial charge in [0.15, 0.2) is 0 Å². The van der Waals surface area contributed by atoms with Gasteiger partial charge < -0.3 is 20.2 Å². The SMILES string of the molecule is CCCNC(C)(CO)CC(C)N(CC)CCCN(C)C. The van der Waals surface area contributed by atoms with Crippen LogP contribution < -0.4 is 5.32 Å². The summed E-state index contributed by atoms with van der Waals surface area (Å²) >= 11 is 0. The summed E-state index contributed by atoms with van der Waals surface area (Å²) < 4.78 is 0. The molecule has 0 aliphatic rings. The molecule has 0 aromatic rings. The van der Waals surface area contributed by atoms with E-state index in [2.05, 4.69) is 56.9 Å². The van der Waals surface area contributed by atoms with Crippen molar-refractivity contribution in [1.82, 2.24) is 15.1 Å². The molecule has 0 spiro atoms. The monoisotopic (exact) mass is 287 g/mol. The Labute approximate surface area is 126 Å².